The van der Waals surface area contributed by atoms with Crippen LogP contribution in [0.25, 0.3) is 6.08 Å². The van der Waals surface area contributed by atoms with Gasteiger partial charge in [0, 0.05) is 17.3 Å². The number of ether oxygens (including phenoxy) is 1. The van der Waals surface area contributed by atoms with E-state index >= 15 is 0 Å². The van der Waals surface area contributed by atoms with Crippen LogP contribution in [-0.2, 0) is 12.8 Å². The Morgan fingerprint density at radius 3 is 2.93 bits per heavy atom. The van der Waals surface area contributed by atoms with Gasteiger partial charge in [0.05, 0.1) is 17.3 Å². The first-order chi connectivity index (χ1) is 14.1. The van der Waals surface area contributed by atoms with E-state index in [1.54, 1.807) is 0 Å². The summed E-state index contributed by atoms with van der Waals surface area (Å²) >= 11 is 6.58. The molecule has 29 heavy (non-hydrogen) atoms. The summed E-state index contributed by atoms with van der Waals surface area (Å²) in [6, 6.07) is 6.02. The molecule has 0 fully saturated rings. The number of nitrogens with one attached hydrogen (secondary N) is 1. The Kier molecular flexibility index (Phi) is 5.45. The zero-order chi connectivity index (χ0) is 20.4. The minimum atomic E-state index is 0.239. The van der Waals surface area contributed by atoms with E-state index in [2.05, 4.69) is 38.3 Å². The second-order valence-electron chi connectivity index (χ2n) is 6.97. The molecule has 2 aromatic rings. The molecule has 1 N–H and O–H groups in total. The Morgan fingerprint density at radius 2 is 2.14 bits per heavy atom. The van der Waals surface area contributed by atoms with Crippen LogP contribution in [0.3, 0.4) is 0 Å². The van der Waals surface area contributed by atoms with Gasteiger partial charge in [-0.15, -0.1) is 0 Å². The number of fused-ring (bicyclic) bond motifs is 1. The third-order valence-electron chi connectivity index (χ3n) is 4.66. The summed E-state index contributed by atoms with van der Waals surface area (Å²) in [5.74, 6) is 1.66. The number of aryl methyl sites for hydroxylation is 1. The molecule has 0 bridgehead atoms. The summed E-state index contributed by atoms with van der Waals surface area (Å²) in [5, 5.41) is 3.73. The number of rotatable bonds is 5. The second-order valence-corrected chi connectivity index (χ2v) is 7.35. The number of nitrogens with zero attached hydrogens (tertiary/aromatic N) is 4. The molecule has 0 saturated carbocycles. The SMILES string of the molecule is C/C=C/C1=NC(Nc2cc(CC)nc(Oc3ccc4c(c3Cl)C=C(C)C4)n2)=NC1. The van der Waals surface area contributed by atoms with Gasteiger partial charge in [0.1, 0.15) is 11.6 Å². The smallest absolute Gasteiger partial charge is 0.324 e. The molecule has 1 aromatic heterocycles. The fourth-order valence-corrected chi connectivity index (χ4v) is 3.57. The minimum Gasteiger partial charge on any atom is -0.423 e. The van der Waals surface area contributed by atoms with Gasteiger partial charge >= 0.3 is 6.01 Å². The van der Waals surface area contributed by atoms with Gasteiger partial charge in [-0.05, 0) is 44.4 Å². The Bertz CT molecular complexity index is 1080. The van der Waals surface area contributed by atoms with Crippen molar-refractivity contribution in [1.82, 2.24) is 9.97 Å². The van der Waals surface area contributed by atoms with Crippen molar-refractivity contribution in [3.8, 4) is 11.8 Å². The molecule has 1 aromatic carbocycles. The van der Waals surface area contributed by atoms with Crippen LogP contribution in [0.4, 0.5) is 5.82 Å². The quantitative estimate of drug-likeness (QED) is 0.735. The summed E-state index contributed by atoms with van der Waals surface area (Å²) < 4.78 is 5.97. The molecule has 0 spiro atoms. The molecule has 2 aliphatic rings. The van der Waals surface area contributed by atoms with Gasteiger partial charge in [0.25, 0.3) is 0 Å². The van der Waals surface area contributed by atoms with Crippen LogP contribution in [0.5, 0.6) is 11.8 Å². The second kappa shape index (κ2) is 8.17. The standard InChI is InChI=1S/C22H22ClN5O/c1-4-6-16-12-24-21(25-16)27-19-11-15(5-2)26-22(28-19)29-18-8-7-14-9-13(3)10-17(14)20(18)23/h4,6-8,10-11H,5,9,12H2,1-3H3,(H,24,26,27,28)/b6-4+. The van der Waals surface area contributed by atoms with E-state index in [1.165, 1.54) is 11.1 Å². The summed E-state index contributed by atoms with van der Waals surface area (Å²) in [6.45, 7) is 6.63. The molecule has 6 nitrogen and oxygen atoms in total. The average Bonchev–Trinajstić information content (AvgIpc) is 3.30. The number of guanidine groups is 1. The Labute approximate surface area is 175 Å². The lowest BCUT2D eigenvalue weighted by atomic mass is 10.1. The Balaban J connectivity index is 1.59. The zero-order valence-corrected chi connectivity index (χ0v) is 17.4. The van der Waals surface area contributed by atoms with Gasteiger partial charge in [0.15, 0.2) is 0 Å². The van der Waals surface area contributed by atoms with Crippen LogP contribution in [0.15, 0.2) is 45.9 Å². The van der Waals surface area contributed by atoms with Gasteiger partial charge in [-0.3, -0.25) is 0 Å². The molecular formula is C22H22ClN5O. The van der Waals surface area contributed by atoms with Gasteiger partial charge in [-0.1, -0.05) is 42.3 Å². The van der Waals surface area contributed by atoms with Crippen molar-refractivity contribution in [2.75, 3.05) is 11.9 Å². The van der Waals surface area contributed by atoms with E-state index in [0.717, 1.165) is 29.8 Å². The molecule has 2 heterocycles. The van der Waals surface area contributed by atoms with Gasteiger partial charge in [0.2, 0.25) is 5.96 Å². The molecule has 1 aliphatic heterocycles. The first kappa shape index (κ1) is 19.3. The van der Waals surface area contributed by atoms with E-state index in [1.807, 2.05) is 44.2 Å². The highest BCUT2D eigenvalue weighted by Gasteiger charge is 2.18. The zero-order valence-electron chi connectivity index (χ0n) is 16.7. The average molecular weight is 408 g/mol. The lowest BCUT2D eigenvalue weighted by Gasteiger charge is -2.11. The van der Waals surface area contributed by atoms with E-state index in [9.17, 15) is 0 Å². The van der Waals surface area contributed by atoms with Crippen LogP contribution in [-0.4, -0.2) is 28.2 Å². The normalized spacial score (nSPS) is 15.2. The number of aliphatic imine (C=N–C) groups is 2. The third-order valence-corrected chi connectivity index (χ3v) is 5.05. The van der Waals surface area contributed by atoms with Crippen molar-refractivity contribution in [1.29, 1.82) is 0 Å². The van der Waals surface area contributed by atoms with Gasteiger partial charge < -0.3 is 10.1 Å². The maximum atomic E-state index is 6.58. The van der Waals surface area contributed by atoms with E-state index in [4.69, 9.17) is 16.3 Å². The van der Waals surface area contributed by atoms with E-state index in [0.29, 0.717) is 29.1 Å². The summed E-state index contributed by atoms with van der Waals surface area (Å²) in [5.41, 5.74) is 5.26. The molecule has 148 valence electrons. The highest BCUT2D eigenvalue weighted by atomic mass is 35.5. The maximum Gasteiger partial charge on any atom is 0.324 e. The molecule has 0 amide bonds. The van der Waals surface area contributed by atoms with Crippen LogP contribution >= 0.6 is 11.6 Å². The summed E-state index contributed by atoms with van der Waals surface area (Å²) in [7, 11) is 0. The Hall–Kier alpha value is -2.99. The first-order valence-electron chi connectivity index (χ1n) is 9.61. The summed E-state index contributed by atoms with van der Waals surface area (Å²) in [4.78, 5) is 17.8. The van der Waals surface area contributed by atoms with Crippen LogP contribution in [0.1, 0.15) is 37.6 Å². The molecule has 4 rings (SSSR count). The first-order valence-corrected chi connectivity index (χ1v) is 9.99. The molecule has 7 heteroatoms. The molecule has 1 aliphatic carbocycles. The Morgan fingerprint density at radius 1 is 1.28 bits per heavy atom. The number of hydrogen-bond acceptors (Lipinski definition) is 6. The topological polar surface area (TPSA) is 71.8 Å². The third kappa shape index (κ3) is 4.22. The van der Waals surface area contributed by atoms with Gasteiger partial charge in [-0.2, -0.15) is 9.97 Å². The minimum absolute atomic E-state index is 0.239. The molecular weight excluding hydrogens is 386 g/mol. The van der Waals surface area contributed by atoms with E-state index in [-0.39, 0.29) is 6.01 Å². The van der Waals surface area contributed by atoms with E-state index < -0.39 is 0 Å². The molecule has 0 atom stereocenters. The van der Waals surface area contributed by atoms with Crippen molar-refractivity contribution < 1.29 is 4.74 Å². The van der Waals surface area contributed by atoms with Crippen LogP contribution < -0.4 is 10.1 Å². The summed E-state index contributed by atoms with van der Waals surface area (Å²) in [6.07, 6.45) is 7.64. The van der Waals surface area contributed by atoms with Gasteiger partial charge in [-0.25, -0.2) is 9.98 Å². The number of aromatic nitrogens is 2. The fourth-order valence-electron chi connectivity index (χ4n) is 3.29. The van der Waals surface area contributed by atoms with Crippen molar-refractivity contribution in [3.63, 3.8) is 0 Å². The van der Waals surface area contributed by atoms with Crippen molar-refractivity contribution in [3.05, 3.63) is 57.8 Å². The highest BCUT2D eigenvalue weighted by Crippen LogP contribution is 2.38. The molecule has 0 unspecified atom stereocenters. The van der Waals surface area contributed by atoms with Crippen LogP contribution in [0.2, 0.25) is 5.02 Å². The van der Waals surface area contributed by atoms with Crippen LogP contribution in [0, 0.1) is 0 Å². The predicted octanol–water partition coefficient (Wildman–Crippen LogP) is 5.24. The maximum absolute atomic E-state index is 6.58. The number of halogens is 1. The van der Waals surface area contributed by atoms with Crippen molar-refractivity contribution >= 4 is 35.2 Å². The molecule has 0 saturated heterocycles. The monoisotopic (exact) mass is 407 g/mol. The highest BCUT2D eigenvalue weighted by molar-refractivity contribution is 6.33. The number of allylic oxidation sites excluding steroid dienone is 2. The number of benzene rings is 1. The fraction of sp³-hybridized carbons (Fsp3) is 0.273. The van der Waals surface area contributed by atoms with Crippen molar-refractivity contribution in [2.24, 2.45) is 9.98 Å². The molecule has 0 radical (unpaired) electrons. The lowest BCUT2D eigenvalue weighted by molar-refractivity contribution is 0.440. The lowest BCUT2D eigenvalue weighted by Crippen LogP contribution is -2.10. The number of hydrogen-bond donors (Lipinski definition) is 1. The predicted molar refractivity (Wildman–Crippen MR) is 118 cm³/mol. The number of anilines is 1. The largest absolute Gasteiger partial charge is 0.423 e. The van der Waals surface area contributed by atoms with Crippen molar-refractivity contribution in [2.45, 2.75) is 33.6 Å².